The number of ether oxygens (including phenoxy) is 1. The van der Waals surface area contributed by atoms with Gasteiger partial charge in [0.25, 0.3) is 0 Å². The molecule has 144 valence electrons. The van der Waals surface area contributed by atoms with Gasteiger partial charge in [-0.05, 0) is 18.6 Å². The number of sulfone groups is 1. The Balaban J connectivity index is 1.77. The first-order valence-electron chi connectivity index (χ1n) is 8.78. The van der Waals surface area contributed by atoms with Crippen LogP contribution in [0.3, 0.4) is 0 Å². The number of benzene rings is 2. The number of amides is 1. The Morgan fingerprint density at radius 3 is 2.59 bits per heavy atom. The number of methoxy groups -OCH3 is 1. The molecule has 1 aliphatic heterocycles. The predicted molar refractivity (Wildman–Crippen MR) is 101 cm³/mol. The van der Waals surface area contributed by atoms with E-state index in [1.807, 2.05) is 18.2 Å². The smallest absolute Gasteiger partial charge is 0.227 e. The van der Waals surface area contributed by atoms with Gasteiger partial charge < -0.3 is 9.64 Å². The Bertz CT molecular complexity index is 929. The number of hydrogen-bond donors (Lipinski definition) is 0. The molecular weight excluding hydrogens is 369 g/mol. The summed E-state index contributed by atoms with van der Waals surface area (Å²) in [4.78, 5) is 14.3. The van der Waals surface area contributed by atoms with Gasteiger partial charge in [0.05, 0.1) is 24.5 Å². The standard InChI is InChI=1S/C20H22FNO4S/c1-26-18-9-5-2-6-15(18)14-20(23)22-11-10-19(27(24,25)13-12-22)16-7-3-4-8-17(16)21/h2-9,19H,10-14H2,1H3. The van der Waals surface area contributed by atoms with Crippen LogP contribution in [0.5, 0.6) is 5.75 Å². The second kappa shape index (κ2) is 8.08. The van der Waals surface area contributed by atoms with Gasteiger partial charge in [0.1, 0.15) is 11.6 Å². The van der Waals surface area contributed by atoms with Gasteiger partial charge in [-0.15, -0.1) is 0 Å². The van der Waals surface area contributed by atoms with Crippen LogP contribution in [0.2, 0.25) is 0 Å². The summed E-state index contributed by atoms with van der Waals surface area (Å²) in [5.41, 5.74) is 0.930. The van der Waals surface area contributed by atoms with E-state index in [4.69, 9.17) is 4.74 Å². The van der Waals surface area contributed by atoms with Gasteiger partial charge >= 0.3 is 0 Å². The van der Waals surface area contributed by atoms with Gasteiger partial charge in [-0.25, -0.2) is 12.8 Å². The molecule has 2 aromatic rings. The molecule has 0 N–H and O–H groups in total. The fraction of sp³-hybridized carbons (Fsp3) is 0.350. The first kappa shape index (κ1) is 19.4. The van der Waals surface area contributed by atoms with Crippen molar-refractivity contribution < 1.29 is 22.3 Å². The summed E-state index contributed by atoms with van der Waals surface area (Å²) in [5, 5.41) is -0.928. The van der Waals surface area contributed by atoms with Crippen LogP contribution in [0.25, 0.3) is 0 Å². The van der Waals surface area contributed by atoms with E-state index in [2.05, 4.69) is 0 Å². The summed E-state index contributed by atoms with van der Waals surface area (Å²) in [6.45, 7) is 0.382. The van der Waals surface area contributed by atoms with Crippen molar-refractivity contribution in [3.63, 3.8) is 0 Å². The fourth-order valence-electron chi connectivity index (χ4n) is 3.40. The van der Waals surface area contributed by atoms with Gasteiger partial charge in [-0.2, -0.15) is 0 Å². The highest BCUT2D eigenvalue weighted by atomic mass is 32.2. The number of hydrogen-bond acceptors (Lipinski definition) is 4. The maximum absolute atomic E-state index is 14.1. The maximum atomic E-state index is 14.1. The summed E-state index contributed by atoms with van der Waals surface area (Å²) in [6.07, 6.45) is 0.315. The van der Waals surface area contributed by atoms with Gasteiger partial charge in [0.15, 0.2) is 9.84 Å². The molecule has 1 unspecified atom stereocenters. The summed E-state index contributed by atoms with van der Waals surface area (Å²) >= 11 is 0. The van der Waals surface area contributed by atoms with E-state index in [0.29, 0.717) is 5.75 Å². The van der Waals surface area contributed by atoms with E-state index in [9.17, 15) is 17.6 Å². The molecule has 7 heteroatoms. The number of rotatable bonds is 4. The van der Waals surface area contributed by atoms with E-state index in [0.717, 1.165) is 5.56 Å². The van der Waals surface area contributed by atoms with Crippen molar-refractivity contribution in [3.8, 4) is 5.75 Å². The van der Waals surface area contributed by atoms with Crippen LogP contribution in [-0.4, -0.2) is 45.2 Å². The number of carbonyl (C=O) groups excluding carboxylic acids is 1. The molecule has 1 amide bonds. The molecule has 1 fully saturated rings. The molecular formula is C20H22FNO4S. The molecule has 5 nitrogen and oxygen atoms in total. The minimum Gasteiger partial charge on any atom is -0.496 e. The average Bonchev–Trinajstić information content (AvgIpc) is 2.81. The molecule has 1 saturated heterocycles. The molecule has 1 atom stereocenters. The van der Waals surface area contributed by atoms with Gasteiger partial charge in [0.2, 0.25) is 5.91 Å². The highest BCUT2D eigenvalue weighted by Gasteiger charge is 2.34. The zero-order chi connectivity index (χ0) is 19.4. The average molecular weight is 391 g/mol. The number of nitrogens with zero attached hydrogens (tertiary/aromatic N) is 1. The van der Waals surface area contributed by atoms with Gasteiger partial charge in [0, 0.05) is 24.2 Å². The monoisotopic (exact) mass is 391 g/mol. The van der Waals surface area contributed by atoms with Crippen LogP contribution in [0, 0.1) is 5.82 Å². The van der Waals surface area contributed by atoms with E-state index < -0.39 is 20.9 Å². The van der Waals surface area contributed by atoms with Crippen molar-refractivity contribution in [1.82, 2.24) is 4.90 Å². The molecule has 27 heavy (non-hydrogen) atoms. The van der Waals surface area contributed by atoms with Crippen molar-refractivity contribution in [2.45, 2.75) is 18.1 Å². The van der Waals surface area contributed by atoms with E-state index in [-0.39, 0.29) is 43.2 Å². The first-order chi connectivity index (χ1) is 12.9. The van der Waals surface area contributed by atoms with Crippen molar-refractivity contribution in [3.05, 3.63) is 65.5 Å². The van der Waals surface area contributed by atoms with E-state index in [1.54, 1.807) is 24.1 Å². The normalized spacial score (nSPS) is 19.3. The predicted octanol–water partition coefficient (Wildman–Crippen LogP) is 2.77. The zero-order valence-electron chi connectivity index (χ0n) is 15.1. The molecule has 0 bridgehead atoms. The molecule has 1 heterocycles. The molecule has 0 aromatic heterocycles. The third-order valence-electron chi connectivity index (χ3n) is 4.88. The summed E-state index contributed by atoms with van der Waals surface area (Å²) in [5.74, 6) is -0.245. The van der Waals surface area contributed by atoms with Gasteiger partial charge in [-0.1, -0.05) is 36.4 Å². The highest BCUT2D eigenvalue weighted by Crippen LogP contribution is 2.31. The van der Waals surface area contributed by atoms with E-state index in [1.165, 1.54) is 18.2 Å². The highest BCUT2D eigenvalue weighted by molar-refractivity contribution is 7.91. The van der Waals surface area contributed by atoms with Crippen LogP contribution >= 0.6 is 0 Å². The molecule has 0 spiro atoms. The fourth-order valence-corrected chi connectivity index (χ4v) is 5.20. The minimum absolute atomic E-state index is 0.112. The van der Waals surface area contributed by atoms with Gasteiger partial charge in [-0.3, -0.25) is 4.79 Å². The lowest BCUT2D eigenvalue weighted by atomic mass is 10.1. The lowest BCUT2D eigenvalue weighted by Gasteiger charge is -2.20. The lowest BCUT2D eigenvalue weighted by Crippen LogP contribution is -2.34. The third kappa shape index (κ3) is 4.30. The molecule has 3 rings (SSSR count). The number of para-hydroxylation sites is 1. The second-order valence-corrected chi connectivity index (χ2v) is 8.84. The van der Waals surface area contributed by atoms with Crippen molar-refractivity contribution in [2.24, 2.45) is 0 Å². The topological polar surface area (TPSA) is 63.7 Å². The Kier molecular flexibility index (Phi) is 5.79. The summed E-state index contributed by atoms with van der Waals surface area (Å²) in [6, 6.07) is 13.2. The molecule has 0 aliphatic carbocycles. The van der Waals surface area contributed by atoms with Crippen LogP contribution < -0.4 is 4.74 Å². The summed E-state index contributed by atoms with van der Waals surface area (Å²) in [7, 11) is -2.00. The van der Waals surface area contributed by atoms with E-state index >= 15 is 0 Å². The molecule has 2 aromatic carbocycles. The Morgan fingerprint density at radius 1 is 1.15 bits per heavy atom. The quantitative estimate of drug-likeness (QED) is 0.804. The second-order valence-electron chi connectivity index (χ2n) is 6.54. The van der Waals surface area contributed by atoms with Crippen LogP contribution in [0.1, 0.15) is 22.8 Å². The SMILES string of the molecule is COc1ccccc1CC(=O)N1CCC(c2ccccc2F)S(=O)(=O)CC1. The van der Waals surface area contributed by atoms with Crippen molar-refractivity contribution in [1.29, 1.82) is 0 Å². The Hall–Kier alpha value is -2.41. The first-order valence-corrected chi connectivity index (χ1v) is 10.5. The van der Waals surface area contributed by atoms with Crippen molar-refractivity contribution in [2.75, 3.05) is 26.0 Å². The maximum Gasteiger partial charge on any atom is 0.227 e. The molecule has 1 aliphatic rings. The van der Waals surface area contributed by atoms with Crippen LogP contribution in [0.4, 0.5) is 4.39 Å². The third-order valence-corrected chi connectivity index (χ3v) is 6.99. The van der Waals surface area contributed by atoms with Crippen molar-refractivity contribution >= 4 is 15.7 Å². The van der Waals surface area contributed by atoms with Crippen LogP contribution in [0.15, 0.2) is 48.5 Å². The lowest BCUT2D eigenvalue weighted by molar-refractivity contribution is -0.130. The zero-order valence-corrected chi connectivity index (χ0v) is 15.9. The number of carbonyl (C=O) groups is 1. The largest absolute Gasteiger partial charge is 0.496 e. The Morgan fingerprint density at radius 2 is 1.85 bits per heavy atom. The molecule has 0 saturated carbocycles. The number of halogens is 1. The van der Waals surface area contributed by atoms with Crippen LogP contribution in [-0.2, 0) is 21.1 Å². The molecule has 0 radical (unpaired) electrons. The summed E-state index contributed by atoms with van der Waals surface area (Å²) < 4.78 is 44.7. The minimum atomic E-state index is -3.55. The Labute approximate surface area is 158 Å².